The lowest BCUT2D eigenvalue weighted by molar-refractivity contribution is -0.137. The highest BCUT2D eigenvalue weighted by Crippen LogP contribution is 2.36. The number of methoxy groups -OCH3 is 2. The van der Waals surface area contributed by atoms with E-state index in [4.69, 9.17) is 9.47 Å². The number of urea groups is 2. The number of amides is 4. The van der Waals surface area contributed by atoms with Gasteiger partial charge in [-0.1, -0.05) is 12.1 Å². The van der Waals surface area contributed by atoms with Crippen molar-refractivity contribution in [2.75, 3.05) is 47.0 Å². The number of halogens is 2. The number of esters is 1. The number of ether oxygens (including phenoxy) is 2. The molecular formula is C29H35F2N5O6. The summed E-state index contributed by atoms with van der Waals surface area (Å²) in [5.41, 5.74) is 0.541. The Kier molecular flexibility index (Phi) is 9.86. The number of likely N-dealkylation sites (tertiary alicyclic amines) is 1. The molecule has 1 aromatic heterocycles. The number of aryl methyl sites for hydroxylation is 1. The number of nitrogens with zero attached hydrogens (tertiary/aromatic N) is 3. The summed E-state index contributed by atoms with van der Waals surface area (Å²) in [7, 11) is 2.48. The lowest BCUT2D eigenvalue weighted by Gasteiger charge is -2.38. The van der Waals surface area contributed by atoms with Crippen molar-refractivity contribution in [3.63, 3.8) is 0 Å². The average Bonchev–Trinajstić information content (AvgIpc) is 2.97. The maximum Gasteiger partial charge on any atom is 0.338 e. The largest absolute Gasteiger partial charge is 0.466 e. The minimum Gasteiger partial charge on any atom is -0.466 e. The second-order valence-corrected chi connectivity index (χ2v) is 10.3. The molecule has 0 radical (unpaired) electrons. The number of aliphatic hydroxyl groups is 1. The fraction of sp³-hybridized carbons (Fsp3) is 0.448. The molecular weight excluding hydrogens is 552 g/mol. The summed E-state index contributed by atoms with van der Waals surface area (Å²) in [5, 5.41) is 16.3. The van der Waals surface area contributed by atoms with Gasteiger partial charge >= 0.3 is 18.0 Å². The van der Waals surface area contributed by atoms with Crippen molar-refractivity contribution in [2.24, 2.45) is 0 Å². The van der Waals surface area contributed by atoms with Crippen LogP contribution in [0.3, 0.4) is 0 Å². The molecule has 1 unspecified atom stereocenters. The van der Waals surface area contributed by atoms with Gasteiger partial charge in [-0.05, 0) is 62.1 Å². The standard InChI is InChI=1S/C29H35F2N5O6/c1-18-6-4-11-32-25(18)29(40)9-14-35(15-10-29)13-5-12-33-27(38)36-24(19-7-8-20(30)21(31)16-19)23(26(37)42-3)22(17-41-2)34-28(36)39/h4,6-8,11,16,24,40H,5,9-10,12-15,17H2,1-3H3,(H,33,38)(H,34,39). The molecule has 1 fully saturated rings. The molecule has 0 spiro atoms. The number of hydrogen-bond acceptors (Lipinski definition) is 8. The van der Waals surface area contributed by atoms with E-state index in [0.29, 0.717) is 44.6 Å². The molecule has 11 nitrogen and oxygen atoms in total. The highest BCUT2D eigenvalue weighted by molar-refractivity contribution is 6.01. The third-order valence-electron chi connectivity index (χ3n) is 7.57. The lowest BCUT2D eigenvalue weighted by atomic mass is 9.85. The van der Waals surface area contributed by atoms with Crippen molar-refractivity contribution in [3.8, 4) is 0 Å². The van der Waals surface area contributed by atoms with Gasteiger partial charge < -0.3 is 30.1 Å². The summed E-state index contributed by atoms with van der Waals surface area (Å²) >= 11 is 0. The maximum absolute atomic E-state index is 14.2. The van der Waals surface area contributed by atoms with Crippen LogP contribution in [0.2, 0.25) is 0 Å². The summed E-state index contributed by atoms with van der Waals surface area (Å²) in [5.74, 6) is -3.20. The molecule has 1 aromatic carbocycles. The topological polar surface area (TPSA) is 133 Å². The van der Waals surface area contributed by atoms with E-state index in [0.717, 1.165) is 29.7 Å². The number of nitrogens with one attached hydrogen (secondary N) is 2. The Morgan fingerprint density at radius 2 is 1.93 bits per heavy atom. The number of imide groups is 1. The minimum atomic E-state index is -1.40. The first-order chi connectivity index (χ1) is 20.1. The van der Waals surface area contributed by atoms with E-state index in [1.54, 1.807) is 6.20 Å². The molecule has 4 rings (SSSR count). The molecule has 0 bridgehead atoms. The van der Waals surface area contributed by atoms with E-state index in [2.05, 4.69) is 20.5 Å². The Hall–Kier alpha value is -3.94. The van der Waals surface area contributed by atoms with Crippen molar-refractivity contribution in [3.05, 3.63) is 76.3 Å². The van der Waals surface area contributed by atoms with Gasteiger partial charge in [0.25, 0.3) is 0 Å². The molecule has 226 valence electrons. The van der Waals surface area contributed by atoms with Gasteiger partial charge in [-0.25, -0.2) is 28.1 Å². The van der Waals surface area contributed by atoms with E-state index in [1.807, 2.05) is 19.1 Å². The van der Waals surface area contributed by atoms with Crippen LogP contribution < -0.4 is 10.6 Å². The molecule has 3 heterocycles. The molecule has 0 saturated carbocycles. The lowest BCUT2D eigenvalue weighted by Crippen LogP contribution is -2.55. The van der Waals surface area contributed by atoms with Crippen LogP contribution >= 0.6 is 0 Å². The molecule has 3 N–H and O–H groups in total. The molecule has 2 aromatic rings. The molecule has 42 heavy (non-hydrogen) atoms. The normalized spacial score (nSPS) is 19.0. The van der Waals surface area contributed by atoms with Crippen LogP contribution in [-0.4, -0.2) is 84.9 Å². The number of carbonyl (C=O) groups excluding carboxylic acids is 3. The molecule has 2 aliphatic rings. The first-order valence-electron chi connectivity index (χ1n) is 13.6. The van der Waals surface area contributed by atoms with Gasteiger partial charge in [0.15, 0.2) is 11.6 Å². The zero-order chi connectivity index (χ0) is 30.4. The van der Waals surface area contributed by atoms with Crippen LogP contribution in [0.1, 0.15) is 42.1 Å². The van der Waals surface area contributed by atoms with Crippen molar-refractivity contribution < 1.29 is 37.7 Å². The minimum absolute atomic E-state index is 0.00292. The van der Waals surface area contributed by atoms with E-state index >= 15 is 0 Å². The van der Waals surface area contributed by atoms with E-state index < -0.39 is 41.3 Å². The molecule has 0 aliphatic carbocycles. The van der Waals surface area contributed by atoms with Crippen LogP contribution in [0.4, 0.5) is 18.4 Å². The van der Waals surface area contributed by atoms with Crippen LogP contribution in [0.5, 0.6) is 0 Å². The molecule has 1 saturated heterocycles. The van der Waals surface area contributed by atoms with Crippen LogP contribution in [0.15, 0.2) is 47.8 Å². The Morgan fingerprint density at radius 3 is 2.57 bits per heavy atom. The molecule has 2 aliphatic heterocycles. The first kappa shape index (κ1) is 31.0. The van der Waals surface area contributed by atoms with E-state index in [-0.39, 0.29) is 30.0 Å². The van der Waals surface area contributed by atoms with Crippen molar-refractivity contribution >= 4 is 18.0 Å². The van der Waals surface area contributed by atoms with Crippen molar-refractivity contribution in [2.45, 2.75) is 37.8 Å². The summed E-state index contributed by atoms with van der Waals surface area (Å²) in [6, 6.07) is 3.53. The number of hydrogen-bond donors (Lipinski definition) is 3. The summed E-state index contributed by atoms with van der Waals surface area (Å²) in [6.45, 7) is 3.83. The van der Waals surface area contributed by atoms with Gasteiger partial charge in [0, 0.05) is 32.9 Å². The Balaban J connectivity index is 1.43. The van der Waals surface area contributed by atoms with Crippen LogP contribution in [-0.2, 0) is 19.9 Å². The van der Waals surface area contributed by atoms with Crippen molar-refractivity contribution in [1.29, 1.82) is 0 Å². The Morgan fingerprint density at radius 1 is 1.19 bits per heavy atom. The van der Waals surface area contributed by atoms with Crippen LogP contribution in [0.25, 0.3) is 0 Å². The third-order valence-corrected chi connectivity index (χ3v) is 7.57. The first-order valence-corrected chi connectivity index (χ1v) is 13.6. The van der Waals surface area contributed by atoms with Gasteiger partial charge in [0.2, 0.25) is 0 Å². The Bertz CT molecular complexity index is 1360. The molecule has 4 amide bonds. The number of pyridine rings is 1. The monoisotopic (exact) mass is 587 g/mol. The SMILES string of the molecule is COCC1=C(C(=O)OC)C(c2ccc(F)c(F)c2)N(C(=O)NCCCN2CCC(O)(c3ncccc3C)CC2)C(=O)N1. The number of rotatable bonds is 9. The van der Waals surface area contributed by atoms with Gasteiger partial charge in [0.05, 0.1) is 30.7 Å². The number of benzene rings is 1. The van der Waals surface area contributed by atoms with Gasteiger partial charge in [-0.2, -0.15) is 0 Å². The predicted molar refractivity (Wildman–Crippen MR) is 147 cm³/mol. The Labute approximate surface area is 242 Å². The van der Waals surface area contributed by atoms with E-state index in [1.165, 1.54) is 13.2 Å². The van der Waals surface area contributed by atoms with E-state index in [9.17, 15) is 28.3 Å². The summed E-state index contributed by atoms with van der Waals surface area (Å²) in [6.07, 6.45) is 3.26. The molecule has 1 atom stereocenters. The molecule has 13 heteroatoms. The van der Waals surface area contributed by atoms with Gasteiger partial charge in [-0.15, -0.1) is 0 Å². The summed E-state index contributed by atoms with van der Waals surface area (Å²) < 4.78 is 38.0. The quantitative estimate of drug-likeness (QED) is 0.301. The number of aromatic nitrogens is 1. The highest BCUT2D eigenvalue weighted by Gasteiger charge is 2.43. The summed E-state index contributed by atoms with van der Waals surface area (Å²) in [4.78, 5) is 46.5. The van der Waals surface area contributed by atoms with Gasteiger partial charge in [0.1, 0.15) is 11.6 Å². The predicted octanol–water partition coefficient (Wildman–Crippen LogP) is 2.89. The third kappa shape index (κ3) is 6.58. The maximum atomic E-state index is 14.2. The fourth-order valence-corrected chi connectivity index (χ4v) is 5.42. The number of piperidine rings is 1. The average molecular weight is 588 g/mol. The zero-order valence-electron chi connectivity index (χ0n) is 23.8. The smallest absolute Gasteiger partial charge is 0.338 e. The zero-order valence-corrected chi connectivity index (χ0v) is 23.8. The van der Waals surface area contributed by atoms with Gasteiger partial charge in [-0.3, -0.25) is 4.98 Å². The second kappa shape index (κ2) is 13.4. The number of carbonyl (C=O) groups is 3. The van der Waals surface area contributed by atoms with Crippen molar-refractivity contribution in [1.82, 2.24) is 25.4 Å². The van der Waals surface area contributed by atoms with Crippen LogP contribution in [0, 0.1) is 18.6 Å². The highest BCUT2D eigenvalue weighted by atomic mass is 19.2. The fourth-order valence-electron chi connectivity index (χ4n) is 5.42. The second-order valence-electron chi connectivity index (χ2n) is 10.3.